The molecule has 0 saturated carbocycles. The first-order valence-corrected chi connectivity index (χ1v) is 12.6. The summed E-state index contributed by atoms with van der Waals surface area (Å²) in [4.78, 5) is 3.95. The van der Waals surface area contributed by atoms with Crippen molar-refractivity contribution in [1.82, 2.24) is 4.98 Å². The van der Waals surface area contributed by atoms with Crippen molar-refractivity contribution >= 4 is 29.3 Å². The molecule has 2 aromatic rings. The van der Waals surface area contributed by atoms with Crippen molar-refractivity contribution in [1.29, 1.82) is 0 Å². The molecule has 2 rings (SSSR count). The maximum absolute atomic E-state index is 11.5. The van der Waals surface area contributed by atoms with Gasteiger partial charge in [0.1, 0.15) is 17.9 Å². The Labute approximate surface area is 144 Å². The number of rotatable bonds is 6. The number of aromatic nitrogens is 1. The molecule has 0 N–H and O–H groups in total. The second-order valence-corrected chi connectivity index (χ2v) is 14.0. The molecule has 24 heavy (non-hydrogen) atoms. The van der Waals surface area contributed by atoms with Crippen LogP contribution in [0.15, 0.2) is 27.8 Å². The van der Waals surface area contributed by atoms with Crippen LogP contribution in [0.3, 0.4) is 0 Å². The van der Waals surface area contributed by atoms with Gasteiger partial charge in [-0.3, -0.25) is 0 Å². The summed E-state index contributed by atoms with van der Waals surface area (Å²) in [6, 6.07) is 5.06. The molecule has 0 amide bonds. The Kier molecular flexibility index (Phi) is 5.13. The molecule has 0 unspecified atom stereocenters. The molecule has 0 radical (unpaired) electrons. The average Bonchev–Trinajstić information content (AvgIpc) is 2.85. The normalized spacial score (nSPS) is 13.4. The molecule has 0 atom stereocenters. The molecule has 0 aliphatic heterocycles. The van der Waals surface area contributed by atoms with E-state index in [2.05, 4.69) is 38.8 Å². The van der Waals surface area contributed by atoms with Crippen LogP contribution >= 0.6 is 0 Å². The van der Waals surface area contributed by atoms with Gasteiger partial charge < -0.3 is 13.6 Å². The predicted octanol–water partition coefficient (Wildman–Crippen LogP) is 3.63. The molecule has 6 nitrogen and oxygen atoms in total. The smallest absolute Gasteiger partial charge is 0.315 e. The molecule has 0 bridgehead atoms. The van der Waals surface area contributed by atoms with Crippen LogP contribution in [0.5, 0.6) is 5.75 Å². The van der Waals surface area contributed by atoms with Crippen molar-refractivity contribution in [3.05, 3.63) is 18.2 Å². The van der Waals surface area contributed by atoms with Crippen LogP contribution in [0.4, 0.5) is 0 Å². The number of ether oxygens (including phenoxy) is 1. The lowest BCUT2D eigenvalue weighted by Gasteiger charge is -2.36. The van der Waals surface area contributed by atoms with Gasteiger partial charge in [0, 0.05) is 12.3 Å². The van der Waals surface area contributed by atoms with Gasteiger partial charge in [-0.15, -0.1) is 0 Å². The SMILES string of the molecule is CC(C)(C)[Si](C)(C)OCCOc1ccc2nc(S(C)(=O)=O)oc2c1. The number of nitrogens with zero attached hydrogens (tertiary/aromatic N) is 1. The first-order chi connectivity index (χ1) is 10.9. The third kappa shape index (κ3) is 4.37. The van der Waals surface area contributed by atoms with Gasteiger partial charge in [0.2, 0.25) is 9.84 Å². The van der Waals surface area contributed by atoms with Crippen molar-refractivity contribution in [3.8, 4) is 5.75 Å². The monoisotopic (exact) mass is 371 g/mol. The maximum atomic E-state index is 11.5. The van der Waals surface area contributed by atoms with E-state index in [-0.39, 0.29) is 10.3 Å². The number of hydrogen-bond donors (Lipinski definition) is 0. The Bertz CT molecular complexity index is 821. The minimum absolute atomic E-state index is 0.161. The number of fused-ring (bicyclic) bond motifs is 1. The summed E-state index contributed by atoms with van der Waals surface area (Å²) >= 11 is 0. The van der Waals surface area contributed by atoms with Gasteiger partial charge in [0.25, 0.3) is 0 Å². The van der Waals surface area contributed by atoms with Crippen LogP contribution in [0, 0.1) is 0 Å². The fourth-order valence-electron chi connectivity index (χ4n) is 1.81. The number of hydrogen-bond acceptors (Lipinski definition) is 6. The molecular formula is C16H25NO5SSi. The van der Waals surface area contributed by atoms with Crippen molar-refractivity contribution in [2.45, 2.75) is 44.1 Å². The Morgan fingerprint density at radius 1 is 1.21 bits per heavy atom. The Morgan fingerprint density at radius 3 is 2.46 bits per heavy atom. The van der Waals surface area contributed by atoms with Gasteiger partial charge in [0.15, 0.2) is 13.9 Å². The minimum Gasteiger partial charge on any atom is -0.491 e. The molecule has 0 aliphatic rings. The van der Waals surface area contributed by atoms with E-state index < -0.39 is 18.2 Å². The van der Waals surface area contributed by atoms with Crippen LogP contribution in [-0.4, -0.2) is 41.2 Å². The minimum atomic E-state index is -3.46. The second-order valence-electron chi connectivity index (χ2n) is 7.34. The molecule has 134 valence electrons. The van der Waals surface area contributed by atoms with Gasteiger partial charge >= 0.3 is 5.22 Å². The summed E-state index contributed by atoms with van der Waals surface area (Å²) in [6.45, 7) is 11.9. The summed E-state index contributed by atoms with van der Waals surface area (Å²) in [5.74, 6) is 0.595. The second kappa shape index (κ2) is 6.49. The molecule has 0 aliphatic carbocycles. The molecule has 1 heterocycles. The zero-order valence-corrected chi connectivity index (χ0v) is 16.9. The lowest BCUT2D eigenvalue weighted by Crippen LogP contribution is -2.41. The van der Waals surface area contributed by atoms with Crippen LogP contribution in [-0.2, 0) is 14.3 Å². The Balaban J connectivity index is 1.99. The fraction of sp³-hybridized carbons (Fsp3) is 0.562. The van der Waals surface area contributed by atoms with Crippen LogP contribution in [0.1, 0.15) is 20.8 Å². The van der Waals surface area contributed by atoms with Gasteiger partial charge in [-0.25, -0.2) is 8.42 Å². The molecule has 0 spiro atoms. The highest BCUT2D eigenvalue weighted by molar-refractivity contribution is 7.90. The predicted molar refractivity (Wildman–Crippen MR) is 95.8 cm³/mol. The van der Waals surface area contributed by atoms with Gasteiger partial charge in [-0.2, -0.15) is 4.98 Å². The van der Waals surface area contributed by atoms with E-state index in [0.29, 0.717) is 30.1 Å². The Hall–Kier alpha value is -1.38. The van der Waals surface area contributed by atoms with Crippen LogP contribution in [0.2, 0.25) is 18.1 Å². The first-order valence-electron chi connectivity index (χ1n) is 7.77. The van der Waals surface area contributed by atoms with Crippen LogP contribution in [0.25, 0.3) is 11.1 Å². The number of benzene rings is 1. The van der Waals surface area contributed by atoms with E-state index in [9.17, 15) is 8.42 Å². The largest absolute Gasteiger partial charge is 0.491 e. The number of sulfone groups is 1. The van der Waals surface area contributed by atoms with E-state index in [1.807, 2.05) is 0 Å². The topological polar surface area (TPSA) is 78.6 Å². The lowest BCUT2D eigenvalue weighted by atomic mass is 10.2. The van der Waals surface area contributed by atoms with Crippen molar-refractivity contribution in [3.63, 3.8) is 0 Å². The highest BCUT2D eigenvalue weighted by atomic mass is 32.2. The summed E-state index contributed by atoms with van der Waals surface area (Å²) in [6.07, 6.45) is 1.06. The first kappa shape index (κ1) is 18.9. The van der Waals surface area contributed by atoms with Gasteiger partial charge in [-0.1, -0.05) is 20.8 Å². The molecule has 1 aromatic carbocycles. The highest BCUT2D eigenvalue weighted by Crippen LogP contribution is 2.36. The third-order valence-corrected chi connectivity index (χ3v) is 9.63. The average molecular weight is 372 g/mol. The van der Waals surface area contributed by atoms with E-state index in [4.69, 9.17) is 13.6 Å². The van der Waals surface area contributed by atoms with Crippen molar-refractivity contribution in [2.75, 3.05) is 19.5 Å². The molecule has 0 fully saturated rings. The highest BCUT2D eigenvalue weighted by Gasteiger charge is 2.36. The maximum Gasteiger partial charge on any atom is 0.315 e. The number of oxazole rings is 1. The third-order valence-electron chi connectivity index (χ3n) is 4.28. The van der Waals surface area contributed by atoms with Crippen LogP contribution < -0.4 is 4.74 Å². The van der Waals surface area contributed by atoms with E-state index in [1.165, 1.54) is 0 Å². The summed E-state index contributed by atoms with van der Waals surface area (Å²) in [7, 11) is -5.24. The summed E-state index contributed by atoms with van der Waals surface area (Å²) in [5.41, 5.74) is 0.874. The molecule has 8 heteroatoms. The zero-order valence-electron chi connectivity index (χ0n) is 15.0. The van der Waals surface area contributed by atoms with E-state index >= 15 is 0 Å². The van der Waals surface area contributed by atoms with E-state index in [0.717, 1.165) is 6.26 Å². The quantitative estimate of drug-likeness (QED) is 0.570. The van der Waals surface area contributed by atoms with Crippen molar-refractivity contribution < 1.29 is 22.0 Å². The zero-order chi connectivity index (χ0) is 18.2. The Morgan fingerprint density at radius 2 is 1.88 bits per heavy atom. The van der Waals surface area contributed by atoms with Gasteiger partial charge in [-0.05, 0) is 30.3 Å². The molecule has 1 aromatic heterocycles. The molecular weight excluding hydrogens is 346 g/mol. The summed E-state index contributed by atoms with van der Waals surface area (Å²) < 4.78 is 39.9. The molecule has 0 saturated heterocycles. The van der Waals surface area contributed by atoms with Crippen molar-refractivity contribution in [2.24, 2.45) is 0 Å². The standard InChI is InChI=1S/C16H25NO5SSi/c1-16(2,3)24(5,6)21-10-9-20-12-7-8-13-14(11-12)22-15(17-13)23(4,18)19/h7-8,11H,9-10H2,1-6H3. The van der Waals surface area contributed by atoms with E-state index in [1.54, 1.807) is 18.2 Å². The van der Waals surface area contributed by atoms with Gasteiger partial charge in [0.05, 0.1) is 6.61 Å². The fourth-order valence-corrected chi connectivity index (χ4v) is 3.34. The lowest BCUT2D eigenvalue weighted by molar-refractivity contribution is 0.203. The summed E-state index contributed by atoms with van der Waals surface area (Å²) in [5, 5.41) is -0.121.